The van der Waals surface area contributed by atoms with Crippen molar-refractivity contribution in [3.63, 3.8) is 0 Å². The Labute approximate surface area is 308 Å². The predicted molar refractivity (Wildman–Crippen MR) is 201 cm³/mol. The first-order chi connectivity index (χ1) is 25.2. The average molecular weight is 707 g/mol. The van der Waals surface area contributed by atoms with Crippen LogP contribution in [0.3, 0.4) is 0 Å². The second-order valence-electron chi connectivity index (χ2n) is 16.6. The van der Waals surface area contributed by atoms with Crippen LogP contribution in [-0.4, -0.2) is 30.2 Å². The molecule has 7 heteroatoms. The van der Waals surface area contributed by atoms with Crippen molar-refractivity contribution in [3.05, 3.63) is 121 Å². The van der Waals surface area contributed by atoms with E-state index in [0.29, 0.717) is 62.2 Å². The summed E-state index contributed by atoms with van der Waals surface area (Å²) in [6.45, 7) is 12.4. The Kier molecular flexibility index (Phi) is 7.18. The minimum Gasteiger partial charge on any atom is -0.497 e. The van der Waals surface area contributed by atoms with Gasteiger partial charge in [-0.05, 0) is 103 Å². The number of carbonyl (C=O) groups excluding carboxylic acids is 4. The first-order valence-electron chi connectivity index (χ1n) is 18.7. The molecule has 0 amide bonds. The zero-order valence-corrected chi connectivity index (χ0v) is 31.3. The molecule has 0 N–H and O–H groups in total. The Balaban J connectivity index is 1.27. The van der Waals surface area contributed by atoms with Crippen molar-refractivity contribution in [1.29, 1.82) is 0 Å². The number of hydrogen-bond acceptors (Lipinski definition) is 7. The summed E-state index contributed by atoms with van der Waals surface area (Å²) in [6.07, 6.45) is 5.32. The molecule has 0 fully saturated rings. The number of fused-ring (bicyclic) bond motifs is 10. The summed E-state index contributed by atoms with van der Waals surface area (Å²) >= 11 is 0. The van der Waals surface area contributed by atoms with Gasteiger partial charge in [0.05, 0.1) is 18.2 Å². The number of methoxy groups -OCH3 is 1. The van der Waals surface area contributed by atoms with Crippen LogP contribution in [0.25, 0.3) is 22.6 Å². The zero-order valence-electron chi connectivity index (χ0n) is 31.3. The largest absolute Gasteiger partial charge is 0.497 e. The number of ether oxygens (including phenoxy) is 1. The summed E-state index contributed by atoms with van der Waals surface area (Å²) in [4.78, 5) is 56.3. The molecule has 0 saturated carbocycles. The normalized spacial score (nSPS) is 17.9. The molecule has 9 rings (SSSR count). The van der Waals surface area contributed by atoms with E-state index in [-0.39, 0.29) is 22.0 Å². The monoisotopic (exact) mass is 706 g/mol. The highest BCUT2D eigenvalue weighted by Gasteiger charge is 2.45. The summed E-state index contributed by atoms with van der Waals surface area (Å²) < 4.78 is 19.2. The molecule has 2 aromatic heterocycles. The molecule has 3 aromatic carbocycles. The van der Waals surface area contributed by atoms with Gasteiger partial charge in [0.15, 0.2) is 0 Å². The summed E-state index contributed by atoms with van der Waals surface area (Å²) in [6, 6.07) is 15.5. The van der Waals surface area contributed by atoms with E-state index < -0.39 is 29.1 Å². The van der Waals surface area contributed by atoms with Gasteiger partial charge in [-0.3, -0.25) is 19.2 Å². The molecule has 4 aliphatic carbocycles. The van der Waals surface area contributed by atoms with Gasteiger partial charge in [-0.2, -0.15) is 0 Å². The van der Waals surface area contributed by atoms with Crippen LogP contribution in [-0.2, 0) is 23.7 Å². The third-order valence-corrected chi connectivity index (χ3v) is 12.7. The van der Waals surface area contributed by atoms with Gasteiger partial charge in [-0.25, -0.2) is 0 Å². The first kappa shape index (κ1) is 33.5. The maximum Gasteiger partial charge on any atom is 0.237 e. The lowest BCUT2D eigenvalue weighted by Crippen LogP contribution is -2.29. The van der Waals surface area contributed by atoms with Gasteiger partial charge in [-0.1, -0.05) is 64.1 Å². The molecule has 4 aliphatic rings. The van der Waals surface area contributed by atoms with Gasteiger partial charge < -0.3 is 13.6 Å². The summed E-state index contributed by atoms with van der Waals surface area (Å²) in [7, 11) is 1.60. The van der Waals surface area contributed by atoms with Gasteiger partial charge >= 0.3 is 0 Å². The van der Waals surface area contributed by atoms with Gasteiger partial charge in [-0.15, -0.1) is 0 Å². The molecule has 0 bridgehead atoms. The highest BCUT2D eigenvalue weighted by Crippen LogP contribution is 2.51. The molecule has 0 radical (unpaired) electrons. The van der Waals surface area contributed by atoms with E-state index in [2.05, 4.69) is 39.8 Å². The maximum atomic E-state index is 14.1. The number of rotatable bonds is 4. The minimum atomic E-state index is -0.720. The molecule has 5 aromatic rings. The Morgan fingerprint density at radius 1 is 0.585 bits per heavy atom. The molecule has 0 atom stereocenters. The number of ketones is 4. The van der Waals surface area contributed by atoms with Crippen molar-refractivity contribution < 1.29 is 32.7 Å². The van der Waals surface area contributed by atoms with Crippen LogP contribution >= 0.6 is 0 Å². The lowest BCUT2D eigenvalue weighted by molar-refractivity contribution is 0.0813. The van der Waals surface area contributed by atoms with E-state index >= 15 is 0 Å². The van der Waals surface area contributed by atoms with Crippen LogP contribution < -0.4 is 4.74 Å². The fourth-order valence-electron chi connectivity index (χ4n) is 9.88. The van der Waals surface area contributed by atoms with Crippen LogP contribution in [0.4, 0.5) is 0 Å². The predicted octanol–water partition coefficient (Wildman–Crippen LogP) is 10.00. The van der Waals surface area contributed by atoms with E-state index in [4.69, 9.17) is 13.6 Å². The Morgan fingerprint density at radius 3 is 1.42 bits per heavy atom. The van der Waals surface area contributed by atoms with E-state index in [9.17, 15) is 19.2 Å². The number of furan rings is 2. The second-order valence-corrected chi connectivity index (χ2v) is 16.6. The molecule has 0 unspecified atom stereocenters. The standard InChI is InChI=1S/C46H42O7/c1-22-32-37(47)39(49)35-26-10-8-20-45(3,4)30(26)18-16-28(35)43(32)52-41(22)34(24-12-14-25(51-7)15-13-24)42-23(2)33-38(48)40(50)36-27-11-9-21-46(5,6)31(27)19-17-29(36)44(33)53-42/h12-19,34H,8-11,20-21H2,1-7H3. The van der Waals surface area contributed by atoms with E-state index in [0.717, 1.165) is 66.3 Å². The summed E-state index contributed by atoms with van der Waals surface area (Å²) in [5.74, 6) is -0.605. The van der Waals surface area contributed by atoms with Crippen LogP contribution in [0.5, 0.6) is 5.75 Å². The lowest BCUT2D eigenvalue weighted by Gasteiger charge is -2.34. The number of benzene rings is 3. The molecule has 53 heavy (non-hydrogen) atoms. The van der Waals surface area contributed by atoms with Crippen molar-refractivity contribution >= 4 is 23.1 Å². The van der Waals surface area contributed by atoms with Crippen LogP contribution in [0.2, 0.25) is 0 Å². The van der Waals surface area contributed by atoms with Crippen LogP contribution in [0.1, 0.15) is 151 Å². The van der Waals surface area contributed by atoms with Gasteiger partial charge in [0.25, 0.3) is 0 Å². The van der Waals surface area contributed by atoms with Crippen molar-refractivity contribution in [2.45, 2.75) is 96.8 Å². The molecule has 0 spiro atoms. The van der Waals surface area contributed by atoms with Crippen molar-refractivity contribution in [2.24, 2.45) is 0 Å². The van der Waals surface area contributed by atoms with Crippen molar-refractivity contribution in [3.8, 4) is 28.4 Å². The second kappa shape index (κ2) is 11.3. The Morgan fingerprint density at radius 2 is 1.00 bits per heavy atom. The molecule has 2 heterocycles. The van der Waals surface area contributed by atoms with Gasteiger partial charge in [0, 0.05) is 33.4 Å². The molecular weight excluding hydrogens is 664 g/mol. The fourth-order valence-corrected chi connectivity index (χ4v) is 9.88. The SMILES string of the molecule is COc1ccc(C(c2oc3c(c2C)C(=O)C(=O)c2c-3ccc3c2CCCC3(C)C)c2oc3c(c2C)C(=O)C(=O)c2c-3ccc3c2CCCC3(C)C)cc1. The molecule has 268 valence electrons. The quantitative estimate of drug-likeness (QED) is 0.171. The van der Waals surface area contributed by atoms with Crippen LogP contribution in [0, 0.1) is 13.8 Å². The van der Waals surface area contributed by atoms with Crippen LogP contribution in [0.15, 0.2) is 57.4 Å². The van der Waals surface area contributed by atoms with Gasteiger partial charge in [0.1, 0.15) is 34.7 Å². The van der Waals surface area contributed by atoms with E-state index in [1.807, 2.05) is 50.2 Å². The Hall–Kier alpha value is -5.30. The third kappa shape index (κ3) is 4.58. The lowest BCUT2D eigenvalue weighted by atomic mass is 9.69. The molecule has 0 saturated heterocycles. The average Bonchev–Trinajstić information content (AvgIpc) is 3.66. The highest BCUT2D eigenvalue weighted by molar-refractivity contribution is 6.54. The van der Waals surface area contributed by atoms with E-state index in [1.165, 1.54) is 0 Å². The Bertz CT molecular complexity index is 2330. The van der Waals surface area contributed by atoms with Crippen molar-refractivity contribution in [2.75, 3.05) is 7.11 Å². The first-order valence-corrected chi connectivity index (χ1v) is 18.7. The number of Topliss-reactive ketones (excluding diaryl/α,β-unsaturated/α-hetero) is 4. The fraction of sp³-hybridized carbons (Fsp3) is 0.348. The molecule has 0 aliphatic heterocycles. The number of hydrogen-bond donors (Lipinski definition) is 0. The molecular formula is C46H42O7. The zero-order chi connectivity index (χ0) is 37.3. The van der Waals surface area contributed by atoms with E-state index in [1.54, 1.807) is 7.11 Å². The topological polar surface area (TPSA) is 104 Å². The minimum absolute atomic E-state index is 0.112. The summed E-state index contributed by atoms with van der Waals surface area (Å²) in [5, 5.41) is 0. The van der Waals surface area contributed by atoms with Crippen molar-refractivity contribution in [1.82, 2.24) is 0 Å². The summed E-state index contributed by atoms with van der Waals surface area (Å²) in [5.41, 5.74) is 8.37. The third-order valence-electron chi connectivity index (χ3n) is 12.7. The smallest absolute Gasteiger partial charge is 0.237 e. The highest BCUT2D eigenvalue weighted by atomic mass is 16.5. The van der Waals surface area contributed by atoms with Gasteiger partial charge in [0.2, 0.25) is 23.1 Å². The molecule has 7 nitrogen and oxygen atoms in total. The maximum absolute atomic E-state index is 14.1. The number of carbonyl (C=O) groups is 4.